The van der Waals surface area contributed by atoms with Crippen molar-refractivity contribution in [3.63, 3.8) is 0 Å². The smallest absolute Gasteiger partial charge is 0.205 e. The molecule has 1 rings (SSSR count). The molecule has 0 fully saturated rings. The molecular weight excluding hydrogens is 296 g/mol. The molecule has 0 aliphatic heterocycles. The second-order valence-electron chi connectivity index (χ2n) is 6.26. The Morgan fingerprint density at radius 3 is 2.29 bits per heavy atom. The summed E-state index contributed by atoms with van der Waals surface area (Å²) >= 11 is 0. The molecule has 0 amide bonds. The molecule has 0 atom stereocenters. The number of nitrogens with zero attached hydrogens (tertiary/aromatic N) is 2. The number of aromatic nitrogens is 2. The molecule has 0 aliphatic carbocycles. The van der Waals surface area contributed by atoms with E-state index in [2.05, 4.69) is 44.2 Å². The van der Waals surface area contributed by atoms with Gasteiger partial charge in [-0.15, -0.1) is 0 Å². The van der Waals surface area contributed by atoms with E-state index in [-0.39, 0.29) is 0 Å². The lowest BCUT2D eigenvalue weighted by Gasteiger charge is -2.08. The van der Waals surface area contributed by atoms with Gasteiger partial charge < -0.3 is 15.2 Å². The highest BCUT2D eigenvalue weighted by atomic mass is 15.1. The number of imidazole rings is 1. The average Bonchev–Trinajstić information content (AvgIpc) is 2.94. The van der Waals surface area contributed by atoms with Crippen molar-refractivity contribution in [3.8, 4) is 0 Å². The monoisotopic (exact) mass is 326 g/mol. The number of hydrogen-bond donors (Lipinski definition) is 2. The first-order valence-corrected chi connectivity index (χ1v) is 8.06. The van der Waals surface area contributed by atoms with Crippen LogP contribution in [-0.4, -0.2) is 29.0 Å². The maximum absolute atomic E-state index is 4.74. The summed E-state index contributed by atoms with van der Waals surface area (Å²) in [5.74, 6) is 0.694. The van der Waals surface area contributed by atoms with Gasteiger partial charge in [0.05, 0.1) is 10.7 Å². The average molecular weight is 326 g/mol. The number of aromatic amines is 1. The van der Waals surface area contributed by atoms with Crippen molar-refractivity contribution in [2.24, 2.45) is 0 Å². The van der Waals surface area contributed by atoms with Crippen molar-refractivity contribution >= 4 is 17.1 Å². The van der Waals surface area contributed by atoms with Gasteiger partial charge in [0.2, 0.25) is 5.95 Å². The molecule has 130 valence electrons. The molecule has 4 heteroatoms. The van der Waals surface area contributed by atoms with E-state index in [9.17, 15) is 0 Å². The van der Waals surface area contributed by atoms with Crippen LogP contribution in [0, 0.1) is 0 Å². The highest BCUT2D eigenvalue weighted by molar-refractivity contribution is 5.66. The summed E-state index contributed by atoms with van der Waals surface area (Å²) in [6.07, 6.45) is 5.92. The highest BCUT2D eigenvalue weighted by Crippen LogP contribution is 2.11. The fourth-order valence-corrected chi connectivity index (χ4v) is 2.20. The molecule has 0 bridgehead atoms. The third kappa shape index (κ3) is 4.75. The Morgan fingerprint density at radius 2 is 1.83 bits per heavy atom. The van der Waals surface area contributed by atoms with E-state index < -0.39 is 0 Å². The van der Waals surface area contributed by atoms with E-state index in [0.717, 1.165) is 33.1 Å². The van der Waals surface area contributed by atoms with E-state index in [4.69, 9.17) is 4.98 Å². The Kier molecular flexibility index (Phi) is 6.83. The van der Waals surface area contributed by atoms with Crippen LogP contribution in [0.3, 0.4) is 0 Å². The molecule has 1 aromatic rings. The fraction of sp³-hybridized carbons (Fsp3) is 0.350. The summed E-state index contributed by atoms with van der Waals surface area (Å²) < 4.78 is 0. The Hall–Kier alpha value is -2.49. The molecule has 0 saturated carbocycles. The lowest BCUT2D eigenvalue weighted by atomic mass is 10.1. The van der Waals surface area contributed by atoms with Gasteiger partial charge in [-0.2, -0.15) is 0 Å². The summed E-state index contributed by atoms with van der Waals surface area (Å²) in [5, 5.41) is 5.20. The van der Waals surface area contributed by atoms with Gasteiger partial charge in [-0.3, -0.25) is 0 Å². The molecule has 0 saturated heterocycles. The van der Waals surface area contributed by atoms with Gasteiger partial charge in [0.25, 0.3) is 0 Å². The van der Waals surface area contributed by atoms with Crippen LogP contribution in [0.15, 0.2) is 48.4 Å². The van der Waals surface area contributed by atoms with Gasteiger partial charge in [0, 0.05) is 26.0 Å². The first-order chi connectivity index (χ1) is 11.2. The normalized spacial score (nSPS) is 13.5. The minimum absolute atomic E-state index is 0.694. The number of rotatable bonds is 6. The van der Waals surface area contributed by atoms with Crippen LogP contribution < -0.4 is 16.0 Å². The van der Waals surface area contributed by atoms with Crippen molar-refractivity contribution in [2.45, 2.75) is 34.6 Å². The van der Waals surface area contributed by atoms with Crippen molar-refractivity contribution in [3.05, 3.63) is 59.1 Å². The molecule has 0 aromatic carbocycles. The van der Waals surface area contributed by atoms with E-state index in [1.807, 2.05) is 51.2 Å². The molecule has 2 N–H and O–H groups in total. The number of anilines is 1. The second-order valence-corrected chi connectivity index (χ2v) is 6.26. The maximum Gasteiger partial charge on any atom is 0.205 e. The van der Waals surface area contributed by atoms with E-state index in [1.54, 1.807) is 0 Å². The minimum atomic E-state index is 0.694. The number of H-pyrrole nitrogens is 1. The molecule has 4 nitrogen and oxygen atoms in total. The quantitative estimate of drug-likeness (QED) is 0.789. The predicted molar refractivity (Wildman–Crippen MR) is 106 cm³/mol. The summed E-state index contributed by atoms with van der Waals surface area (Å²) in [4.78, 5) is 10.1. The minimum Gasteiger partial charge on any atom is -0.383 e. The summed E-state index contributed by atoms with van der Waals surface area (Å²) in [7, 11) is 3.99. The lowest BCUT2D eigenvalue weighted by molar-refractivity contribution is 0.561. The Labute approximate surface area is 145 Å². The second kappa shape index (κ2) is 8.39. The van der Waals surface area contributed by atoms with Crippen LogP contribution in [0.4, 0.5) is 5.95 Å². The SMILES string of the molecule is C=CC(=C\N(C)C)/C(C)=c1\nc(NC(=C)/C(C)=C/C)[nH]c1=C(C)C. The third-order valence-electron chi connectivity index (χ3n) is 3.79. The fourth-order valence-electron chi connectivity index (χ4n) is 2.20. The summed E-state index contributed by atoms with van der Waals surface area (Å²) in [6.45, 7) is 18.2. The maximum atomic E-state index is 4.74. The molecular formula is C20H30N4. The van der Waals surface area contributed by atoms with Crippen molar-refractivity contribution in [1.29, 1.82) is 0 Å². The largest absolute Gasteiger partial charge is 0.383 e. The highest BCUT2D eigenvalue weighted by Gasteiger charge is 2.07. The standard InChI is InChI=1S/C20H30N4/c1-10-14(5)16(7)21-20-22-18(13(3)4)19(23-20)15(6)17(11-2)12-24(8)9/h10-12H,2,7H2,1,3-6,8-9H3,(H2,21,22,23)/b14-10+,17-12+,19-15-. The number of allylic oxidation sites excluding steroid dienone is 4. The Bertz CT molecular complexity index is 797. The molecule has 0 unspecified atom stereocenters. The van der Waals surface area contributed by atoms with Crippen LogP contribution in [-0.2, 0) is 0 Å². The van der Waals surface area contributed by atoms with Crippen molar-refractivity contribution in [2.75, 3.05) is 19.4 Å². The van der Waals surface area contributed by atoms with Crippen molar-refractivity contribution < 1.29 is 0 Å². The van der Waals surface area contributed by atoms with Crippen LogP contribution >= 0.6 is 0 Å². The zero-order chi connectivity index (χ0) is 18.4. The van der Waals surface area contributed by atoms with Gasteiger partial charge in [0.15, 0.2) is 0 Å². The Balaban J connectivity index is 3.55. The van der Waals surface area contributed by atoms with Gasteiger partial charge in [0.1, 0.15) is 0 Å². The van der Waals surface area contributed by atoms with E-state index >= 15 is 0 Å². The first kappa shape index (κ1) is 19.6. The van der Waals surface area contributed by atoms with Crippen LogP contribution in [0.25, 0.3) is 11.1 Å². The zero-order valence-electron chi connectivity index (χ0n) is 16.0. The lowest BCUT2D eigenvalue weighted by Crippen LogP contribution is -2.28. The molecule has 0 spiro atoms. The molecule has 0 aliphatic rings. The van der Waals surface area contributed by atoms with Crippen molar-refractivity contribution in [1.82, 2.24) is 14.9 Å². The van der Waals surface area contributed by atoms with Gasteiger partial charge in [-0.25, -0.2) is 4.98 Å². The van der Waals surface area contributed by atoms with E-state index in [0.29, 0.717) is 5.95 Å². The van der Waals surface area contributed by atoms with Gasteiger partial charge >= 0.3 is 0 Å². The van der Waals surface area contributed by atoms with Gasteiger partial charge in [-0.1, -0.05) is 30.9 Å². The third-order valence-corrected chi connectivity index (χ3v) is 3.79. The molecule has 0 radical (unpaired) electrons. The van der Waals surface area contributed by atoms with Crippen LogP contribution in [0.1, 0.15) is 34.6 Å². The summed E-state index contributed by atoms with van der Waals surface area (Å²) in [5.41, 5.74) is 5.22. The van der Waals surface area contributed by atoms with Crippen LogP contribution in [0.2, 0.25) is 0 Å². The molecule has 1 aromatic heterocycles. The van der Waals surface area contributed by atoms with E-state index in [1.165, 1.54) is 5.57 Å². The molecule has 24 heavy (non-hydrogen) atoms. The number of nitrogens with one attached hydrogen (secondary N) is 2. The predicted octanol–water partition coefficient (Wildman–Crippen LogP) is 3.29. The first-order valence-electron chi connectivity index (χ1n) is 8.06. The summed E-state index contributed by atoms with van der Waals surface area (Å²) in [6, 6.07) is 0. The zero-order valence-corrected chi connectivity index (χ0v) is 16.0. The number of hydrogen-bond acceptors (Lipinski definition) is 3. The van der Waals surface area contributed by atoms with Crippen LogP contribution in [0.5, 0.6) is 0 Å². The Morgan fingerprint density at radius 1 is 1.21 bits per heavy atom. The molecule has 1 heterocycles. The topological polar surface area (TPSA) is 44.0 Å². The van der Waals surface area contributed by atoms with Gasteiger partial charge in [-0.05, 0) is 51.3 Å².